The maximum absolute atomic E-state index is 13.3. The predicted molar refractivity (Wildman–Crippen MR) is 134 cm³/mol. The predicted octanol–water partition coefficient (Wildman–Crippen LogP) is 4.06. The molecule has 2 aromatic carbocycles. The molecule has 0 saturated carbocycles. The lowest BCUT2D eigenvalue weighted by atomic mass is 10.1. The van der Waals surface area contributed by atoms with E-state index in [4.69, 9.17) is 9.15 Å². The third-order valence-electron chi connectivity index (χ3n) is 6.40. The van der Waals surface area contributed by atoms with Crippen molar-refractivity contribution >= 4 is 15.7 Å². The molecule has 1 aromatic heterocycles. The van der Waals surface area contributed by atoms with E-state index in [2.05, 4.69) is 26.7 Å². The van der Waals surface area contributed by atoms with Crippen molar-refractivity contribution in [3.63, 3.8) is 0 Å². The molecule has 1 fully saturated rings. The van der Waals surface area contributed by atoms with Crippen molar-refractivity contribution in [2.24, 2.45) is 0 Å². The van der Waals surface area contributed by atoms with Gasteiger partial charge in [-0.25, -0.2) is 13.1 Å². The van der Waals surface area contributed by atoms with Gasteiger partial charge in [0.15, 0.2) is 0 Å². The number of methoxy groups -OCH3 is 1. The average molecular weight is 484 g/mol. The average Bonchev–Trinajstić information content (AvgIpc) is 3.33. The molecule has 0 spiro atoms. The lowest BCUT2D eigenvalue weighted by Crippen LogP contribution is -2.49. The first kappa shape index (κ1) is 24.3. The highest BCUT2D eigenvalue weighted by Gasteiger charge is 2.29. The van der Waals surface area contributed by atoms with Crippen molar-refractivity contribution < 1.29 is 17.6 Å². The number of nitrogens with zero attached hydrogens (tertiary/aromatic N) is 2. The van der Waals surface area contributed by atoms with E-state index in [1.807, 2.05) is 57.2 Å². The number of sulfonamides is 1. The number of rotatable bonds is 8. The number of furan rings is 1. The monoisotopic (exact) mass is 483 g/mol. The molecule has 182 valence electrons. The normalized spacial score (nSPS) is 15.9. The van der Waals surface area contributed by atoms with E-state index in [0.29, 0.717) is 4.90 Å². The van der Waals surface area contributed by atoms with Gasteiger partial charge in [-0.2, -0.15) is 0 Å². The molecule has 3 aromatic rings. The summed E-state index contributed by atoms with van der Waals surface area (Å²) in [5, 5.41) is 0. The SMILES string of the molecule is COc1ccc(N2CCN([C@@H](CNS(=O)(=O)c3c(C)cc(C)cc3C)c3ccco3)CC2)cc1. The van der Waals surface area contributed by atoms with Gasteiger partial charge in [-0.1, -0.05) is 17.7 Å². The molecule has 1 aliphatic rings. The smallest absolute Gasteiger partial charge is 0.241 e. The van der Waals surface area contributed by atoms with Crippen molar-refractivity contribution in [2.45, 2.75) is 31.7 Å². The quantitative estimate of drug-likeness (QED) is 0.521. The zero-order chi connectivity index (χ0) is 24.3. The van der Waals surface area contributed by atoms with Crippen LogP contribution in [0.3, 0.4) is 0 Å². The lowest BCUT2D eigenvalue weighted by Gasteiger charge is -2.39. The molecule has 0 bridgehead atoms. The van der Waals surface area contributed by atoms with Crippen LogP contribution in [-0.2, 0) is 10.0 Å². The summed E-state index contributed by atoms with van der Waals surface area (Å²) in [6.07, 6.45) is 1.64. The summed E-state index contributed by atoms with van der Waals surface area (Å²) in [5.74, 6) is 1.60. The molecule has 8 heteroatoms. The Bertz CT molecular complexity index is 1180. The van der Waals surface area contributed by atoms with Gasteiger partial charge < -0.3 is 14.1 Å². The molecule has 1 saturated heterocycles. The van der Waals surface area contributed by atoms with Gasteiger partial charge in [0.1, 0.15) is 11.5 Å². The Morgan fingerprint density at radius 3 is 2.21 bits per heavy atom. The van der Waals surface area contributed by atoms with Crippen LogP contribution in [0.25, 0.3) is 0 Å². The summed E-state index contributed by atoms with van der Waals surface area (Å²) in [5.41, 5.74) is 3.72. The highest BCUT2D eigenvalue weighted by molar-refractivity contribution is 7.89. The van der Waals surface area contributed by atoms with Crippen LogP contribution in [0, 0.1) is 20.8 Å². The first-order chi connectivity index (χ1) is 16.3. The van der Waals surface area contributed by atoms with Crippen LogP contribution in [0.2, 0.25) is 0 Å². The molecule has 4 rings (SSSR count). The first-order valence-electron chi connectivity index (χ1n) is 11.5. The van der Waals surface area contributed by atoms with Gasteiger partial charge in [-0.05, 0) is 68.3 Å². The number of benzene rings is 2. The van der Waals surface area contributed by atoms with Crippen LogP contribution in [0.5, 0.6) is 5.75 Å². The summed E-state index contributed by atoms with van der Waals surface area (Å²) in [6.45, 7) is 9.17. The number of nitrogens with one attached hydrogen (secondary N) is 1. The zero-order valence-electron chi connectivity index (χ0n) is 20.2. The Morgan fingerprint density at radius 1 is 1.00 bits per heavy atom. The summed E-state index contributed by atoms with van der Waals surface area (Å²) in [4.78, 5) is 4.98. The molecule has 0 aliphatic carbocycles. The van der Waals surface area contributed by atoms with Gasteiger partial charge in [0.05, 0.1) is 24.3 Å². The van der Waals surface area contributed by atoms with Crippen LogP contribution in [0.15, 0.2) is 64.1 Å². The highest BCUT2D eigenvalue weighted by atomic mass is 32.2. The number of piperazine rings is 1. The second-order valence-corrected chi connectivity index (χ2v) is 10.5. The van der Waals surface area contributed by atoms with E-state index in [1.165, 1.54) is 0 Å². The van der Waals surface area contributed by atoms with Crippen molar-refractivity contribution in [3.05, 3.63) is 77.2 Å². The van der Waals surface area contributed by atoms with Gasteiger partial charge in [0, 0.05) is 38.4 Å². The summed E-state index contributed by atoms with van der Waals surface area (Å²) < 4.78 is 40.3. The van der Waals surface area contributed by atoms with Crippen molar-refractivity contribution in [1.29, 1.82) is 0 Å². The van der Waals surface area contributed by atoms with Crippen LogP contribution >= 0.6 is 0 Å². The number of aryl methyl sites for hydroxylation is 3. The fourth-order valence-corrected chi connectivity index (χ4v) is 6.31. The fraction of sp³-hybridized carbons (Fsp3) is 0.385. The number of ether oxygens (including phenoxy) is 1. The lowest BCUT2D eigenvalue weighted by molar-refractivity contribution is 0.166. The maximum atomic E-state index is 13.3. The molecule has 0 radical (unpaired) electrons. The summed E-state index contributed by atoms with van der Waals surface area (Å²) in [7, 11) is -2.00. The Morgan fingerprint density at radius 2 is 1.65 bits per heavy atom. The van der Waals surface area contributed by atoms with Crippen LogP contribution in [0.4, 0.5) is 5.69 Å². The van der Waals surface area contributed by atoms with E-state index >= 15 is 0 Å². The number of anilines is 1. The molecule has 0 unspecified atom stereocenters. The van der Waals surface area contributed by atoms with E-state index in [9.17, 15) is 8.42 Å². The van der Waals surface area contributed by atoms with E-state index < -0.39 is 10.0 Å². The van der Waals surface area contributed by atoms with E-state index in [0.717, 1.165) is 60.1 Å². The zero-order valence-corrected chi connectivity index (χ0v) is 21.1. The molecule has 1 atom stereocenters. The minimum atomic E-state index is -3.66. The van der Waals surface area contributed by atoms with Gasteiger partial charge in [0.25, 0.3) is 0 Å². The minimum absolute atomic E-state index is 0.186. The van der Waals surface area contributed by atoms with Gasteiger partial charge in [-0.3, -0.25) is 4.90 Å². The highest BCUT2D eigenvalue weighted by Crippen LogP contribution is 2.27. The summed E-state index contributed by atoms with van der Waals surface area (Å²) in [6, 6.07) is 15.5. The number of hydrogen-bond donors (Lipinski definition) is 1. The molecular weight excluding hydrogens is 450 g/mol. The summed E-state index contributed by atoms with van der Waals surface area (Å²) >= 11 is 0. The van der Waals surface area contributed by atoms with Crippen LogP contribution < -0.4 is 14.4 Å². The standard InChI is InChI=1S/C26H33N3O4S/c1-19-16-20(2)26(21(3)17-19)34(30,31)27-18-24(25-6-5-15-33-25)29-13-11-28(12-14-29)22-7-9-23(32-4)10-8-22/h5-10,15-17,24,27H,11-14,18H2,1-4H3/t24-/m0/s1. The van der Waals surface area contributed by atoms with Crippen LogP contribution in [-0.4, -0.2) is 53.2 Å². The van der Waals surface area contributed by atoms with Crippen LogP contribution in [0.1, 0.15) is 28.5 Å². The fourth-order valence-electron chi connectivity index (χ4n) is 4.83. The Hall–Kier alpha value is -2.81. The Kier molecular flexibility index (Phi) is 7.30. The van der Waals surface area contributed by atoms with Gasteiger partial charge in [-0.15, -0.1) is 0 Å². The minimum Gasteiger partial charge on any atom is -0.497 e. The Balaban J connectivity index is 1.47. The third kappa shape index (κ3) is 5.29. The molecule has 2 heterocycles. The maximum Gasteiger partial charge on any atom is 0.241 e. The second kappa shape index (κ2) is 10.2. The molecule has 1 N–H and O–H groups in total. The van der Waals surface area contributed by atoms with Crippen molar-refractivity contribution in [3.8, 4) is 5.75 Å². The Labute approximate surface area is 202 Å². The van der Waals surface area contributed by atoms with E-state index in [-0.39, 0.29) is 12.6 Å². The molecule has 1 aliphatic heterocycles. The third-order valence-corrected chi connectivity index (χ3v) is 8.13. The number of hydrogen-bond acceptors (Lipinski definition) is 6. The van der Waals surface area contributed by atoms with Gasteiger partial charge >= 0.3 is 0 Å². The van der Waals surface area contributed by atoms with Gasteiger partial charge in [0.2, 0.25) is 10.0 Å². The van der Waals surface area contributed by atoms with Crippen molar-refractivity contribution in [2.75, 3.05) is 44.7 Å². The van der Waals surface area contributed by atoms with Crippen molar-refractivity contribution in [1.82, 2.24) is 9.62 Å². The first-order valence-corrected chi connectivity index (χ1v) is 13.0. The van der Waals surface area contributed by atoms with E-state index in [1.54, 1.807) is 13.4 Å². The molecule has 7 nitrogen and oxygen atoms in total. The largest absolute Gasteiger partial charge is 0.497 e. The molecule has 0 amide bonds. The molecular formula is C26H33N3O4S. The molecule has 34 heavy (non-hydrogen) atoms. The second-order valence-electron chi connectivity index (χ2n) is 8.83. The topological polar surface area (TPSA) is 75.0 Å².